The SMILES string of the molecule is CC1CCN(S(=O)(=O)c2cnn(CCNC(C)C)c2)CC1. The Hall–Kier alpha value is -0.920. The van der Waals surface area contributed by atoms with Crippen molar-refractivity contribution in [3.63, 3.8) is 0 Å². The van der Waals surface area contributed by atoms with Crippen molar-refractivity contribution >= 4 is 10.0 Å². The van der Waals surface area contributed by atoms with Crippen LogP contribution in [-0.2, 0) is 16.6 Å². The lowest BCUT2D eigenvalue weighted by Crippen LogP contribution is -2.37. The minimum absolute atomic E-state index is 0.307. The maximum atomic E-state index is 12.5. The molecule has 0 aromatic carbocycles. The number of hydrogen-bond donors (Lipinski definition) is 1. The lowest BCUT2D eigenvalue weighted by molar-refractivity contribution is 0.288. The summed E-state index contributed by atoms with van der Waals surface area (Å²) in [6.07, 6.45) is 4.97. The molecule has 120 valence electrons. The molecule has 0 aliphatic carbocycles. The predicted octanol–water partition coefficient (Wildman–Crippen LogP) is 1.30. The summed E-state index contributed by atoms with van der Waals surface area (Å²) in [4.78, 5) is 0.307. The maximum Gasteiger partial charge on any atom is 0.246 e. The van der Waals surface area contributed by atoms with E-state index in [-0.39, 0.29) is 0 Å². The van der Waals surface area contributed by atoms with Crippen LogP contribution in [0.3, 0.4) is 0 Å². The zero-order valence-electron chi connectivity index (χ0n) is 13.1. The van der Waals surface area contributed by atoms with Crippen molar-refractivity contribution in [2.75, 3.05) is 19.6 Å². The number of nitrogens with zero attached hydrogens (tertiary/aromatic N) is 3. The average molecular weight is 314 g/mol. The predicted molar refractivity (Wildman–Crippen MR) is 82.5 cm³/mol. The van der Waals surface area contributed by atoms with Gasteiger partial charge in [-0.15, -0.1) is 0 Å². The molecule has 0 bridgehead atoms. The summed E-state index contributed by atoms with van der Waals surface area (Å²) in [7, 11) is -3.38. The van der Waals surface area contributed by atoms with Gasteiger partial charge in [-0.25, -0.2) is 8.42 Å². The molecule has 0 radical (unpaired) electrons. The van der Waals surface area contributed by atoms with E-state index in [2.05, 4.69) is 31.2 Å². The second kappa shape index (κ2) is 6.89. The smallest absolute Gasteiger partial charge is 0.246 e. The Labute approximate surface area is 127 Å². The fourth-order valence-corrected chi connectivity index (χ4v) is 3.87. The Morgan fingerprint density at radius 1 is 1.38 bits per heavy atom. The van der Waals surface area contributed by atoms with E-state index < -0.39 is 10.0 Å². The second-order valence-electron chi connectivity index (χ2n) is 6.13. The van der Waals surface area contributed by atoms with E-state index in [9.17, 15) is 8.42 Å². The summed E-state index contributed by atoms with van der Waals surface area (Å²) >= 11 is 0. The van der Waals surface area contributed by atoms with Crippen LogP contribution in [0.15, 0.2) is 17.3 Å². The molecule has 1 N–H and O–H groups in total. The molecule has 7 heteroatoms. The van der Waals surface area contributed by atoms with Gasteiger partial charge in [-0.3, -0.25) is 4.68 Å². The highest BCUT2D eigenvalue weighted by Gasteiger charge is 2.29. The van der Waals surface area contributed by atoms with Crippen LogP contribution in [0.1, 0.15) is 33.6 Å². The van der Waals surface area contributed by atoms with E-state index >= 15 is 0 Å². The highest BCUT2D eigenvalue weighted by Crippen LogP contribution is 2.22. The molecule has 0 atom stereocenters. The van der Waals surface area contributed by atoms with Gasteiger partial charge in [0.25, 0.3) is 0 Å². The van der Waals surface area contributed by atoms with Crippen LogP contribution in [0.25, 0.3) is 0 Å². The van der Waals surface area contributed by atoms with E-state index in [1.54, 1.807) is 15.2 Å². The Morgan fingerprint density at radius 2 is 2.05 bits per heavy atom. The molecular weight excluding hydrogens is 288 g/mol. The van der Waals surface area contributed by atoms with Gasteiger partial charge in [-0.05, 0) is 18.8 Å². The second-order valence-corrected chi connectivity index (χ2v) is 8.07. The first-order valence-corrected chi connectivity index (χ1v) is 9.09. The number of hydrogen-bond acceptors (Lipinski definition) is 4. The van der Waals surface area contributed by atoms with Gasteiger partial charge in [0.15, 0.2) is 0 Å². The third-order valence-electron chi connectivity index (χ3n) is 3.88. The normalized spacial score (nSPS) is 18.5. The molecular formula is C14H26N4O2S. The lowest BCUT2D eigenvalue weighted by atomic mass is 10.0. The summed E-state index contributed by atoms with van der Waals surface area (Å²) in [6.45, 7) is 9.01. The number of piperidine rings is 1. The van der Waals surface area contributed by atoms with Gasteiger partial charge in [-0.1, -0.05) is 20.8 Å². The van der Waals surface area contributed by atoms with Crippen molar-refractivity contribution in [1.82, 2.24) is 19.4 Å². The zero-order chi connectivity index (χ0) is 15.5. The first-order chi connectivity index (χ1) is 9.89. The Morgan fingerprint density at radius 3 is 2.67 bits per heavy atom. The van der Waals surface area contributed by atoms with Gasteiger partial charge in [0.1, 0.15) is 4.90 Å². The maximum absolute atomic E-state index is 12.5. The van der Waals surface area contributed by atoms with Crippen LogP contribution in [0.4, 0.5) is 0 Å². The molecule has 0 saturated carbocycles. The monoisotopic (exact) mass is 314 g/mol. The number of rotatable bonds is 6. The van der Waals surface area contributed by atoms with Crippen molar-refractivity contribution in [1.29, 1.82) is 0 Å². The largest absolute Gasteiger partial charge is 0.313 e. The minimum atomic E-state index is -3.38. The first-order valence-electron chi connectivity index (χ1n) is 7.65. The van der Waals surface area contributed by atoms with Gasteiger partial charge in [-0.2, -0.15) is 9.40 Å². The standard InChI is InChI=1S/C14H26N4O2S/c1-12(2)15-6-9-17-11-14(10-16-17)21(19,20)18-7-4-13(3)5-8-18/h10-13,15H,4-9H2,1-3H3. The van der Waals surface area contributed by atoms with Crippen LogP contribution in [0.5, 0.6) is 0 Å². The van der Waals surface area contributed by atoms with Crippen molar-refractivity contribution in [2.24, 2.45) is 5.92 Å². The molecule has 1 aromatic rings. The molecule has 0 amide bonds. The zero-order valence-corrected chi connectivity index (χ0v) is 13.9. The van der Waals surface area contributed by atoms with Crippen molar-refractivity contribution in [3.8, 4) is 0 Å². The highest BCUT2D eigenvalue weighted by molar-refractivity contribution is 7.89. The molecule has 0 unspecified atom stereocenters. The van der Waals surface area contributed by atoms with Crippen molar-refractivity contribution in [2.45, 2.75) is 51.1 Å². The van der Waals surface area contributed by atoms with Gasteiger partial charge >= 0.3 is 0 Å². The van der Waals surface area contributed by atoms with Gasteiger partial charge in [0, 0.05) is 31.9 Å². The molecule has 2 heterocycles. The summed E-state index contributed by atoms with van der Waals surface area (Å²) in [5.74, 6) is 0.612. The molecule has 1 aliphatic heterocycles. The third kappa shape index (κ3) is 4.28. The number of aromatic nitrogens is 2. The molecule has 6 nitrogen and oxygen atoms in total. The van der Waals surface area contributed by atoms with E-state index in [1.165, 1.54) is 6.20 Å². The summed E-state index contributed by atoms with van der Waals surface area (Å²) in [5.41, 5.74) is 0. The first kappa shape index (κ1) is 16.5. The fraction of sp³-hybridized carbons (Fsp3) is 0.786. The molecule has 1 saturated heterocycles. The van der Waals surface area contributed by atoms with E-state index in [1.807, 2.05) is 0 Å². The number of sulfonamides is 1. The average Bonchev–Trinajstić information content (AvgIpc) is 2.88. The quantitative estimate of drug-likeness (QED) is 0.859. The van der Waals surface area contributed by atoms with Crippen molar-refractivity contribution in [3.05, 3.63) is 12.4 Å². The Bertz CT molecular complexity index is 545. The Kier molecular flexibility index (Phi) is 5.40. The summed E-state index contributed by atoms with van der Waals surface area (Å²) < 4.78 is 28.4. The molecule has 21 heavy (non-hydrogen) atoms. The van der Waals surface area contributed by atoms with Crippen LogP contribution in [-0.4, -0.2) is 48.2 Å². The van der Waals surface area contributed by atoms with E-state index in [0.29, 0.717) is 36.5 Å². The third-order valence-corrected chi connectivity index (χ3v) is 5.73. The fourth-order valence-electron chi connectivity index (χ4n) is 2.44. The molecule has 2 rings (SSSR count). The molecule has 0 spiro atoms. The Balaban J connectivity index is 1.99. The van der Waals surface area contributed by atoms with Gasteiger partial charge in [0.05, 0.1) is 12.7 Å². The number of nitrogens with one attached hydrogen (secondary N) is 1. The molecule has 1 aliphatic rings. The van der Waals surface area contributed by atoms with Gasteiger partial charge in [0.2, 0.25) is 10.0 Å². The topological polar surface area (TPSA) is 67.2 Å². The van der Waals surface area contributed by atoms with Crippen LogP contribution in [0, 0.1) is 5.92 Å². The van der Waals surface area contributed by atoms with Crippen LogP contribution < -0.4 is 5.32 Å². The van der Waals surface area contributed by atoms with Crippen LogP contribution >= 0.6 is 0 Å². The summed E-state index contributed by atoms with van der Waals surface area (Å²) in [5, 5.41) is 7.45. The van der Waals surface area contributed by atoms with Crippen molar-refractivity contribution < 1.29 is 8.42 Å². The van der Waals surface area contributed by atoms with Crippen LogP contribution in [0.2, 0.25) is 0 Å². The van der Waals surface area contributed by atoms with E-state index in [4.69, 9.17) is 0 Å². The highest BCUT2D eigenvalue weighted by atomic mass is 32.2. The molecule has 1 fully saturated rings. The lowest BCUT2D eigenvalue weighted by Gasteiger charge is -2.28. The minimum Gasteiger partial charge on any atom is -0.313 e. The van der Waals surface area contributed by atoms with E-state index in [0.717, 1.165) is 19.4 Å². The van der Waals surface area contributed by atoms with Gasteiger partial charge < -0.3 is 5.32 Å². The molecule has 1 aromatic heterocycles. The summed E-state index contributed by atoms with van der Waals surface area (Å²) in [6, 6.07) is 0.416.